The molecule has 0 spiro atoms. The van der Waals surface area contributed by atoms with Crippen LogP contribution in [0.5, 0.6) is 0 Å². The summed E-state index contributed by atoms with van der Waals surface area (Å²) in [5.74, 6) is -0.390. The first-order valence-corrected chi connectivity index (χ1v) is 16.5. The highest BCUT2D eigenvalue weighted by Gasteiger charge is 2.53. The van der Waals surface area contributed by atoms with Crippen molar-refractivity contribution in [2.75, 3.05) is 0 Å². The second-order valence-corrected chi connectivity index (χ2v) is 20.4. The molecule has 0 rings (SSSR count). The van der Waals surface area contributed by atoms with Crippen molar-refractivity contribution in [3.8, 4) is 0 Å². The molecule has 0 fully saturated rings. The van der Waals surface area contributed by atoms with Crippen molar-refractivity contribution in [3.05, 3.63) is 12.7 Å². The summed E-state index contributed by atoms with van der Waals surface area (Å²) in [6.07, 6.45) is 1.23. The Kier molecular flexibility index (Phi) is 9.38. The van der Waals surface area contributed by atoms with Crippen LogP contribution in [0.3, 0.4) is 0 Å². The second-order valence-electron chi connectivity index (χ2n) is 7.50. The normalized spacial score (nSPS) is 13.5. The maximum Gasteiger partial charge on any atom is 0.398 e. The molecule has 0 saturated heterocycles. The van der Waals surface area contributed by atoms with E-state index < -0.39 is 25.4 Å². The minimum absolute atomic E-state index is 0.151. The quantitative estimate of drug-likeness (QED) is 0.334. The third kappa shape index (κ3) is 5.94. The van der Waals surface area contributed by atoms with Gasteiger partial charge in [-0.15, -0.1) is 0 Å². The SMILES string of the molecule is C=CC(=O)O[Si](O[Si](C)(C)O[Si](CC)(CC)CC)(C(C)C)C(C)C. The molecule has 142 valence electrons. The van der Waals surface area contributed by atoms with E-state index in [0.29, 0.717) is 0 Å². The molecular formula is C17H38O4Si3. The van der Waals surface area contributed by atoms with Gasteiger partial charge in [-0.2, -0.15) is 0 Å². The Hall–Kier alpha value is -0.219. The zero-order valence-electron chi connectivity index (χ0n) is 17.2. The Bertz CT molecular complexity index is 402. The summed E-state index contributed by atoms with van der Waals surface area (Å²) in [6, 6.07) is 3.26. The molecule has 0 aliphatic rings. The molecule has 4 nitrogen and oxygen atoms in total. The first kappa shape index (κ1) is 23.8. The van der Waals surface area contributed by atoms with E-state index in [1.165, 1.54) is 6.08 Å². The molecule has 0 amide bonds. The Balaban J connectivity index is 5.67. The molecule has 0 bridgehead atoms. The fraction of sp³-hybridized carbons (Fsp3) is 0.824. The van der Waals surface area contributed by atoms with Gasteiger partial charge in [0.25, 0.3) is 0 Å². The van der Waals surface area contributed by atoms with Crippen LogP contribution in [0.1, 0.15) is 48.5 Å². The standard InChI is InChI=1S/C17H38O4Si3/c1-11-17(18)19-24(15(5)6,16(7)8)21-22(9,10)20-23(12-2,13-3)14-4/h11,15-16H,1,12-14H2,2-10H3. The highest BCUT2D eigenvalue weighted by molar-refractivity contribution is 6.88. The fourth-order valence-electron chi connectivity index (χ4n) is 3.25. The van der Waals surface area contributed by atoms with Crippen molar-refractivity contribution in [1.29, 1.82) is 0 Å². The van der Waals surface area contributed by atoms with Crippen molar-refractivity contribution in [2.24, 2.45) is 0 Å². The van der Waals surface area contributed by atoms with Crippen molar-refractivity contribution in [3.63, 3.8) is 0 Å². The van der Waals surface area contributed by atoms with Gasteiger partial charge in [0.2, 0.25) is 0 Å². The number of carbonyl (C=O) groups is 1. The summed E-state index contributed by atoms with van der Waals surface area (Å²) in [6.45, 7) is 22.7. The summed E-state index contributed by atoms with van der Waals surface area (Å²) in [5.41, 5.74) is 0.301. The van der Waals surface area contributed by atoms with E-state index in [2.05, 4.69) is 68.1 Å². The van der Waals surface area contributed by atoms with Crippen LogP contribution < -0.4 is 0 Å². The van der Waals surface area contributed by atoms with Gasteiger partial charge in [0, 0.05) is 17.2 Å². The molecular weight excluding hydrogens is 352 g/mol. The maximum absolute atomic E-state index is 12.0. The van der Waals surface area contributed by atoms with E-state index in [0.717, 1.165) is 18.1 Å². The molecule has 0 saturated carbocycles. The molecule has 7 heteroatoms. The predicted octanol–water partition coefficient (Wildman–Crippen LogP) is 5.72. The molecule has 0 aliphatic heterocycles. The lowest BCUT2D eigenvalue weighted by atomic mass is 10.5. The van der Waals surface area contributed by atoms with Gasteiger partial charge in [0.15, 0.2) is 8.32 Å². The summed E-state index contributed by atoms with van der Waals surface area (Å²) in [7, 11) is -6.97. The van der Waals surface area contributed by atoms with Crippen LogP contribution in [-0.4, -0.2) is 31.4 Å². The van der Waals surface area contributed by atoms with Crippen LogP contribution in [0.2, 0.25) is 42.3 Å². The number of carbonyl (C=O) groups excluding carboxylic acids is 1. The van der Waals surface area contributed by atoms with Gasteiger partial charge in [0.05, 0.1) is 0 Å². The van der Waals surface area contributed by atoms with Crippen LogP contribution in [0, 0.1) is 0 Å². The Morgan fingerprint density at radius 2 is 1.38 bits per heavy atom. The fourth-order valence-corrected chi connectivity index (χ4v) is 18.5. The number of hydrogen-bond acceptors (Lipinski definition) is 4. The van der Waals surface area contributed by atoms with Gasteiger partial charge in [-0.05, 0) is 31.2 Å². The van der Waals surface area contributed by atoms with Crippen molar-refractivity contribution in [2.45, 2.75) is 90.8 Å². The smallest absolute Gasteiger partial charge is 0.398 e. The van der Waals surface area contributed by atoms with Crippen LogP contribution in [-0.2, 0) is 17.5 Å². The zero-order valence-corrected chi connectivity index (χ0v) is 20.2. The zero-order chi connectivity index (χ0) is 19.2. The molecule has 0 N–H and O–H groups in total. The van der Waals surface area contributed by atoms with Gasteiger partial charge in [-0.25, -0.2) is 4.79 Å². The average molecular weight is 391 g/mol. The minimum Gasteiger partial charge on any atom is -0.491 e. The van der Waals surface area contributed by atoms with E-state index in [4.69, 9.17) is 12.7 Å². The van der Waals surface area contributed by atoms with Crippen molar-refractivity contribution in [1.82, 2.24) is 0 Å². The Morgan fingerprint density at radius 3 is 1.67 bits per heavy atom. The predicted molar refractivity (Wildman–Crippen MR) is 109 cm³/mol. The van der Waals surface area contributed by atoms with Gasteiger partial charge in [0.1, 0.15) is 0 Å². The molecule has 0 aliphatic carbocycles. The lowest BCUT2D eigenvalue weighted by Crippen LogP contribution is -2.60. The van der Waals surface area contributed by atoms with Crippen molar-refractivity contribution >= 4 is 31.4 Å². The summed E-state index contributed by atoms with van der Waals surface area (Å²) >= 11 is 0. The van der Waals surface area contributed by atoms with Crippen LogP contribution >= 0.6 is 0 Å². The topological polar surface area (TPSA) is 44.8 Å². The summed E-state index contributed by atoms with van der Waals surface area (Å²) in [5, 5.41) is 0. The molecule has 0 heterocycles. The molecule has 0 aromatic heterocycles. The third-order valence-electron chi connectivity index (χ3n) is 4.84. The molecule has 0 aromatic carbocycles. The monoisotopic (exact) mass is 390 g/mol. The number of rotatable bonds is 11. The van der Waals surface area contributed by atoms with E-state index in [9.17, 15) is 4.79 Å². The van der Waals surface area contributed by atoms with Crippen LogP contribution in [0.15, 0.2) is 12.7 Å². The van der Waals surface area contributed by atoms with Crippen LogP contribution in [0.25, 0.3) is 0 Å². The minimum atomic E-state index is -2.77. The molecule has 0 unspecified atom stereocenters. The van der Waals surface area contributed by atoms with E-state index >= 15 is 0 Å². The lowest BCUT2D eigenvalue weighted by Gasteiger charge is -2.44. The second kappa shape index (κ2) is 9.47. The van der Waals surface area contributed by atoms with Gasteiger partial charge in [-0.3, -0.25) is 0 Å². The average Bonchev–Trinajstić information content (AvgIpc) is 2.51. The highest BCUT2D eigenvalue weighted by atomic mass is 28.5. The first-order chi connectivity index (χ1) is 10.9. The highest BCUT2D eigenvalue weighted by Crippen LogP contribution is 2.38. The summed E-state index contributed by atoms with van der Waals surface area (Å²) < 4.78 is 19.3. The van der Waals surface area contributed by atoms with E-state index in [-0.39, 0.29) is 17.1 Å². The van der Waals surface area contributed by atoms with Gasteiger partial charge >= 0.3 is 23.1 Å². The third-order valence-corrected chi connectivity index (χ3v) is 19.4. The molecule has 0 radical (unpaired) electrons. The van der Waals surface area contributed by atoms with Crippen LogP contribution in [0.4, 0.5) is 0 Å². The van der Waals surface area contributed by atoms with Gasteiger partial charge in [-0.1, -0.05) is 55.0 Å². The van der Waals surface area contributed by atoms with Gasteiger partial charge < -0.3 is 12.7 Å². The Labute approximate surface area is 152 Å². The molecule has 0 atom stereocenters. The van der Waals surface area contributed by atoms with E-state index in [1.807, 2.05) is 0 Å². The lowest BCUT2D eigenvalue weighted by molar-refractivity contribution is -0.131. The number of hydrogen-bond donors (Lipinski definition) is 0. The van der Waals surface area contributed by atoms with Crippen molar-refractivity contribution < 1.29 is 17.5 Å². The largest absolute Gasteiger partial charge is 0.491 e. The summed E-state index contributed by atoms with van der Waals surface area (Å²) in [4.78, 5) is 12.0. The van der Waals surface area contributed by atoms with E-state index in [1.54, 1.807) is 0 Å². The molecule has 0 aromatic rings. The Morgan fingerprint density at radius 1 is 0.958 bits per heavy atom. The molecule has 24 heavy (non-hydrogen) atoms. The first-order valence-electron chi connectivity index (χ1n) is 9.19. The maximum atomic E-state index is 12.0.